The summed E-state index contributed by atoms with van der Waals surface area (Å²) >= 11 is 0. The maximum Gasteiger partial charge on any atom is 0.408 e. The van der Waals surface area contributed by atoms with E-state index in [9.17, 15) is 9.59 Å². The van der Waals surface area contributed by atoms with Gasteiger partial charge in [-0.05, 0) is 34.1 Å². The van der Waals surface area contributed by atoms with Crippen LogP contribution < -0.4 is 10.6 Å². The zero-order chi connectivity index (χ0) is 36.5. The van der Waals surface area contributed by atoms with Crippen molar-refractivity contribution in [3.8, 4) is 33.8 Å². The molecule has 2 N–H and O–H groups in total. The molecule has 52 heavy (non-hydrogen) atoms. The first kappa shape index (κ1) is 35.7. The molecular weight excluding hydrogens is 656 g/mol. The van der Waals surface area contributed by atoms with Crippen molar-refractivity contribution < 1.29 is 27.9 Å². The molecule has 2 atom stereocenters. The topological polar surface area (TPSA) is 129 Å². The van der Waals surface area contributed by atoms with Crippen LogP contribution in [-0.2, 0) is 22.7 Å². The summed E-state index contributed by atoms with van der Waals surface area (Å²) in [6.07, 6.45) is 2.28. The number of nitrogens with one attached hydrogen (secondary N) is 2. The molecule has 0 saturated carbocycles. The number of amides is 2. The molecule has 0 unspecified atom stereocenters. The fourth-order valence-electron chi connectivity index (χ4n) is 5.59. The number of hydrogen-bond acceptors (Lipinski definition) is 8. The minimum atomic E-state index is -0.532. The van der Waals surface area contributed by atoms with Crippen LogP contribution in [0, 0.1) is 11.8 Å². The van der Waals surface area contributed by atoms with E-state index in [4.69, 9.17) is 18.3 Å². The molecule has 6 aromatic rings. The van der Waals surface area contributed by atoms with Gasteiger partial charge in [0.2, 0.25) is 11.8 Å². The Hall–Kier alpha value is -6.16. The Morgan fingerprint density at radius 2 is 0.885 bits per heavy atom. The predicted molar refractivity (Wildman–Crippen MR) is 198 cm³/mol. The second-order valence-electron chi connectivity index (χ2n) is 13.1. The number of oxazole rings is 2. The van der Waals surface area contributed by atoms with Crippen molar-refractivity contribution in [2.75, 3.05) is 0 Å². The van der Waals surface area contributed by atoms with Gasteiger partial charge in [-0.25, -0.2) is 19.6 Å². The molecule has 0 fully saturated rings. The van der Waals surface area contributed by atoms with E-state index in [1.54, 1.807) is 12.4 Å². The number of benzene rings is 4. The average Bonchev–Trinajstić information content (AvgIpc) is 3.86. The summed E-state index contributed by atoms with van der Waals surface area (Å²) in [6.45, 7) is 8.30. The molecule has 0 bridgehead atoms. The van der Waals surface area contributed by atoms with Crippen LogP contribution in [0.4, 0.5) is 9.59 Å². The first-order valence-corrected chi connectivity index (χ1v) is 17.3. The van der Waals surface area contributed by atoms with Crippen molar-refractivity contribution in [2.45, 2.75) is 53.0 Å². The Balaban J connectivity index is 1.06. The Morgan fingerprint density at radius 3 is 1.23 bits per heavy atom. The van der Waals surface area contributed by atoms with Gasteiger partial charge >= 0.3 is 12.2 Å². The van der Waals surface area contributed by atoms with Crippen molar-refractivity contribution in [1.29, 1.82) is 0 Å². The Bertz CT molecular complexity index is 1890. The summed E-state index contributed by atoms with van der Waals surface area (Å²) in [4.78, 5) is 34.1. The number of alkyl carbamates (subject to hydrolysis) is 2. The smallest absolute Gasteiger partial charge is 0.408 e. The highest BCUT2D eigenvalue weighted by Gasteiger charge is 2.26. The van der Waals surface area contributed by atoms with E-state index < -0.39 is 24.3 Å². The van der Waals surface area contributed by atoms with Gasteiger partial charge in [0, 0.05) is 11.1 Å². The van der Waals surface area contributed by atoms with Gasteiger partial charge in [0.15, 0.2) is 11.5 Å². The monoisotopic (exact) mass is 698 g/mol. The lowest BCUT2D eigenvalue weighted by atomic mass is 10.0. The van der Waals surface area contributed by atoms with Gasteiger partial charge in [-0.15, -0.1) is 0 Å². The lowest BCUT2D eigenvalue weighted by Gasteiger charge is -2.19. The number of carbonyl (C=O) groups excluding carboxylic acids is 2. The summed E-state index contributed by atoms with van der Waals surface area (Å²) in [7, 11) is 0. The number of rotatable bonds is 13. The quantitative estimate of drug-likeness (QED) is 0.122. The van der Waals surface area contributed by atoms with Gasteiger partial charge in [-0.3, -0.25) is 0 Å². The largest absolute Gasteiger partial charge is 0.445 e. The Labute approximate surface area is 303 Å². The molecule has 266 valence electrons. The van der Waals surface area contributed by atoms with Crippen LogP contribution in [-0.4, -0.2) is 22.2 Å². The van der Waals surface area contributed by atoms with E-state index in [-0.39, 0.29) is 25.0 Å². The molecule has 0 spiro atoms. The number of nitrogens with zero attached hydrogens (tertiary/aromatic N) is 2. The average molecular weight is 699 g/mol. The highest BCUT2D eigenvalue weighted by Crippen LogP contribution is 2.31. The standard InChI is InChI=1S/C42H42N4O6/c1-27(2)37(45-41(47)49-25-29-11-7-5-8-12-29)39-43-23-35(51-39)33-19-15-31(16-20-33)32-17-21-34(22-18-32)36-24-44-40(52-36)38(28(3)4)46-42(48)50-26-30-13-9-6-10-14-30/h5-24,27-28,37-38H,25-26H2,1-4H3,(H,45,47)(H,46,48)/t37-,38-/m0/s1. The van der Waals surface area contributed by atoms with Gasteiger partial charge in [-0.1, -0.05) is 137 Å². The van der Waals surface area contributed by atoms with Crippen LogP contribution in [0.2, 0.25) is 0 Å². The van der Waals surface area contributed by atoms with Crippen LogP contribution in [0.15, 0.2) is 130 Å². The van der Waals surface area contributed by atoms with Gasteiger partial charge in [0.25, 0.3) is 0 Å². The lowest BCUT2D eigenvalue weighted by molar-refractivity contribution is 0.129. The minimum absolute atomic E-state index is 0.0203. The van der Waals surface area contributed by atoms with Crippen LogP contribution in [0.5, 0.6) is 0 Å². The highest BCUT2D eigenvalue weighted by molar-refractivity contribution is 5.71. The number of carbonyl (C=O) groups is 2. The lowest BCUT2D eigenvalue weighted by Crippen LogP contribution is -2.32. The van der Waals surface area contributed by atoms with Crippen molar-refractivity contribution in [1.82, 2.24) is 20.6 Å². The van der Waals surface area contributed by atoms with E-state index >= 15 is 0 Å². The van der Waals surface area contributed by atoms with Crippen molar-refractivity contribution >= 4 is 12.2 Å². The van der Waals surface area contributed by atoms with Crippen molar-refractivity contribution in [3.05, 3.63) is 144 Å². The summed E-state index contributed by atoms with van der Waals surface area (Å²) < 4.78 is 23.1. The molecule has 0 aliphatic heterocycles. The van der Waals surface area contributed by atoms with Gasteiger partial charge in [0.1, 0.15) is 25.3 Å². The maximum absolute atomic E-state index is 12.6. The molecule has 10 nitrogen and oxygen atoms in total. The molecule has 0 radical (unpaired) electrons. The Kier molecular flexibility index (Phi) is 11.5. The minimum Gasteiger partial charge on any atom is -0.445 e. The third kappa shape index (κ3) is 9.14. The van der Waals surface area contributed by atoms with Gasteiger partial charge < -0.3 is 28.9 Å². The number of ether oxygens (including phenoxy) is 2. The molecule has 4 aromatic carbocycles. The molecule has 2 aromatic heterocycles. The fraction of sp³-hybridized carbons (Fsp3) is 0.238. The molecular formula is C42H42N4O6. The van der Waals surface area contributed by atoms with E-state index in [2.05, 4.69) is 20.6 Å². The van der Waals surface area contributed by atoms with Gasteiger partial charge in [0.05, 0.1) is 12.4 Å². The summed E-state index contributed by atoms with van der Waals surface area (Å²) in [5.74, 6) is 2.06. The summed E-state index contributed by atoms with van der Waals surface area (Å²) in [5, 5.41) is 5.79. The molecule has 2 heterocycles. The molecule has 6 rings (SSSR count). The van der Waals surface area contributed by atoms with E-state index in [1.807, 2.05) is 137 Å². The fourth-order valence-corrected chi connectivity index (χ4v) is 5.59. The second-order valence-corrected chi connectivity index (χ2v) is 13.1. The third-order valence-corrected chi connectivity index (χ3v) is 8.56. The summed E-state index contributed by atoms with van der Waals surface area (Å²) in [5.41, 5.74) is 5.58. The second kappa shape index (κ2) is 16.7. The number of aromatic nitrogens is 2. The molecule has 2 amide bonds. The zero-order valence-corrected chi connectivity index (χ0v) is 29.6. The van der Waals surface area contributed by atoms with Crippen molar-refractivity contribution in [2.24, 2.45) is 11.8 Å². The van der Waals surface area contributed by atoms with E-state index in [0.29, 0.717) is 23.3 Å². The first-order chi connectivity index (χ1) is 25.2. The molecule has 0 aliphatic rings. The van der Waals surface area contributed by atoms with E-state index in [1.165, 1.54) is 0 Å². The van der Waals surface area contributed by atoms with E-state index in [0.717, 1.165) is 33.4 Å². The van der Waals surface area contributed by atoms with Crippen LogP contribution in [0.25, 0.3) is 33.8 Å². The predicted octanol–water partition coefficient (Wildman–Crippen LogP) is 9.91. The normalized spacial score (nSPS) is 12.3. The van der Waals surface area contributed by atoms with Crippen LogP contribution in [0.1, 0.15) is 62.7 Å². The highest BCUT2D eigenvalue weighted by atomic mass is 16.6. The molecule has 0 aliphatic carbocycles. The third-order valence-electron chi connectivity index (χ3n) is 8.56. The SMILES string of the molecule is CC(C)[C@H](NC(=O)OCc1ccccc1)c1ncc(-c2ccc(-c3ccc(-c4cnc([C@@H](NC(=O)OCc5ccccc5)C(C)C)o4)cc3)cc2)o1. The zero-order valence-electron chi connectivity index (χ0n) is 29.6. The molecule has 10 heteroatoms. The Morgan fingerprint density at radius 1 is 0.538 bits per heavy atom. The maximum atomic E-state index is 12.6. The molecule has 0 saturated heterocycles. The van der Waals surface area contributed by atoms with Crippen molar-refractivity contribution in [3.63, 3.8) is 0 Å². The van der Waals surface area contributed by atoms with Gasteiger partial charge in [-0.2, -0.15) is 0 Å². The first-order valence-electron chi connectivity index (χ1n) is 17.3. The number of hydrogen-bond donors (Lipinski definition) is 2. The summed E-state index contributed by atoms with van der Waals surface area (Å²) in [6, 6.07) is 34.1. The van der Waals surface area contributed by atoms with Crippen LogP contribution >= 0.6 is 0 Å². The van der Waals surface area contributed by atoms with Crippen LogP contribution in [0.3, 0.4) is 0 Å².